The first-order valence-corrected chi connectivity index (χ1v) is 8.57. The fourth-order valence-electron chi connectivity index (χ4n) is 2.42. The van der Waals surface area contributed by atoms with Crippen molar-refractivity contribution in [3.8, 4) is 0 Å². The van der Waals surface area contributed by atoms with Crippen LogP contribution >= 0.6 is 34.8 Å². The molecular weight excluding hydrogens is 424 g/mol. The predicted octanol–water partition coefficient (Wildman–Crippen LogP) is 7.35. The van der Waals surface area contributed by atoms with Crippen LogP contribution in [0.3, 0.4) is 0 Å². The Hall–Kier alpha value is -1.95. The molecule has 2 nitrogen and oxygen atoms in total. The number of carbonyl (C=O) groups is 1. The van der Waals surface area contributed by atoms with Crippen LogP contribution in [0.15, 0.2) is 43.0 Å². The van der Waals surface area contributed by atoms with Gasteiger partial charge < -0.3 is 5.11 Å². The van der Waals surface area contributed by atoms with Crippen molar-refractivity contribution >= 4 is 52.9 Å². The van der Waals surface area contributed by atoms with E-state index in [1.54, 1.807) is 0 Å². The van der Waals surface area contributed by atoms with Crippen molar-refractivity contribution in [1.29, 1.82) is 0 Å². The number of halogens is 6. The van der Waals surface area contributed by atoms with Crippen LogP contribution in [0.2, 0.25) is 15.1 Å². The minimum Gasteiger partial charge on any atom is -0.478 e. The summed E-state index contributed by atoms with van der Waals surface area (Å²) in [6.45, 7) is 3.52. The zero-order chi connectivity index (χ0) is 20.4. The number of aromatic carboxylic acids is 1. The molecule has 0 spiro atoms. The third-order valence-electron chi connectivity index (χ3n) is 3.72. The van der Waals surface area contributed by atoms with Crippen LogP contribution in [0.5, 0.6) is 0 Å². The minimum absolute atomic E-state index is 0.00536. The van der Waals surface area contributed by atoms with Gasteiger partial charge in [0.1, 0.15) is 0 Å². The number of hydrogen-bond donors (Lipinski definition) is 1. The third kappa shape index (κ3) is 5.06. The van der Waals surface area contributed by atoms with E-state index >= 15 is 0 Å². The summed E-state index contributed by atoms with van der Waals surface area (Å²) < 4.78 is 40.6. The minimum atomic E-state index is -4.60. The molecule has 0 heterocycles. The Balaban J connectivity index is 2.46. The summed E-state index contributed by atoms with van der Waals surface area (Å²) in [7, 11) is 0. The summed E-state index contributed by atoms with van der Waals surface area (Å²) in [4.78, 5) is 11.1. The molecule has 0 fully saturated rings. The van der Waals surface area contributed by atoms with Gasteiger partial charge >= 0.3 is 12.1 Å². The van der Waals surface area contributed by atoms with Crippen molar-refractivity contribution in [3.63, 3.8) is 0 Å². The van der Waals surface area contributed by atoms with E-state index in [2.05, 4.69) is 6.58 Å². The quantitative estimate of drug-likeness (QED) is 0.499. The van der Waals surface area contributed by atoms with Gasteiger partial charge in [0.05, 0.1) is 26.5 Å². The molecule has 0 aliphatic carbocycles. The summed E-state index contributed by atoms with van der Waals surface area (Å²) in [5.74, 6) is -3.13. The summed E-state index contributed by atoms with van der Waals surface area (Å²) >= 11 is 17.5. The standard InChI is InChI=1S/C19H12Cl3F3O2/c1-2-11-7-10(3-5-13(11)18(26)27)4-6-14(19(23,24)25)12-8-15(20)17(22)16(21)9-12/h2-9,14H,1H2,(H,26,27). The number of rotatable bonds is 5. The molecule has 0 radical (unpaired) electrons. The highest BCUT2D eigenvalue weighted by molar-refractivity contribution is 6.48. The molecule has 0 saturated heterocycles. The van der Waals surface area contributed by atoms with Crippen LogP contribution in [0.25, 0.3) is 12.2 Å². The molecule has 2 aromatic rings. The average molecular weight is 436 g/mol. The second-order valence-corrected chi connectivity index (χ2v) is 6.73. The Morgan fingerprint density at radius 1 is 1.11 bits per heavy atom. The Bertz CT molecular complexity index is 898. The molecule has 0 saturated carbocycles. The van der Waals surface area contributed by atoms with Crippen molar-refractivity contribution in [2.24, 2.45) is 0 Å². The molecule has 27 heavy (non-hydrogen) atoms. The topological polar surface area (TPSA) is 37.3 Å². The third-order valence-corrected chi connectivity index (χ3v) is 4.92. The highest BCUT2D eigenvalue weighted by atomic mass is 35.5. The van der Waals surface area contributed by atoms with E-state index in [-0.39, 0.29) is 26.2 Å². The van der Waals surface area contributed by atoms with E-state index in [1.807, 2.05) is 0 Å². The van der Waals surface area contributed by atoms with Crippen molar-refractivity contribution < 1.29 is 23.1 Å². The van der Waals surface area contributed by atoms with Gasteiger partial charge in [0.2, 0.25) is 0 Å². The Morgan fingerprint density at radius 3 is 2.19 bits per heavy atom. The molecule has 0 aliphatic rings. The molecule has 1 atom stereocenters. The molecule has 142 valence electrons. The molecule has 0 aromatic heterocycles. The smallest absolute Gasteiger partial charge is 0.399 e. The van der Waals surface area contributed by atoms with Gasteiger partial charge in [-0.3, -0.25) is 0 Å². The first kappa shape index (κ1) is 21.4. The van der Waals surface area contributed by atoms with Gasteiger partial charge in [-0.05, 0) is 41.0 Å². The zero-order valence-corrected chi connectivity index (χ0v) is 15.8. The number of alkyl halides is 3. The lowest BCUT2D eigenvalue weighted by molar-refractivity contribution is -0.139. The second kappa shape index (κ2) is 8.38. The second-order valence-electron chi connectivity index (χ2n) is 5.53. The van der Waals surface area contributed by atoms with Crippen LogP contribution in [0.4, 0.5) is 13.2 Å². The van der Waals surface area contributed by atoms with Gasteiger partial charge in [0, 0.05) is 0 Å². The normalized spacial score (nSPS) is 13.0. The molecule has 1 unspecified atom stereocenters. The number of carboxylic acid groups (broad SMARTS) is 1. The SMILES string of the molecule is C=Cc1cc(C=CC(c2cc(Cl)c(Cl)c(Cl)c2)C(F)(F)F)ccc1C(=O)O. The van der Waals surface area contributed by atoms with Crippen LogP contribution < -0.4 is 0 Å². The van der Waals surface area contributed by atoms with Crippen molar-refractivity contribution in [1.82, 2.24) is 0 Å². The maximum Gasteiger partial charge on any atom is 0.399 e. The number of allylic oxidation sites excluding steroid dienone is 1. The summed E-state index contributed by atoms with van der Waals surface area (Å²) in [6, 6.07) is 6.37. The van der Waals surface area contributed by atoms with Gasteiger partial charge in [-0.1, -0.05) is 65.7 Å². The number of hydrogen-bond acceptors (Lipinski definition) is 1. The van der Waals surface area contributed by atoms with E-state index in [1.165, 1.54) is 30.4 Å². The fraction of sp³-hybridized carbons (Fsp3) is 0.105. The fourth-order valence-corrected chi connectivity index (χ4v) is 3.03. The molecule has 8 heteroatoms. The maximum absolute atomic E-state index is 13.5. The van der Waals surface area contributed by atoms with E-state index in [9.17, 15) is 18.0 Å². The number of carboxylic acids is 1. The highest BCUT2D eigenvalue weighted by Crippen LogP contribution is 2.41. The molecular formula is C19H12Cl3F3O2. The van der Waals surface area contributed by atoms with Crippen LogP contribution in [0, 0.1) is 0 Å². The van der Waals surface area contributed by atoms with Gasteiger partial charge in [0.15, 0.2) is 0 Å². The summed E-state index contributed by atoms with van der Waals surface area (Å²) in [6.07, 6.45) is -1.09. The van der Waals surface area contributed by atoms with E-state index in [0.29, 0.717) is 11.1 Å². The summed E-state index contributed by atoms with van der Waals surface area (Å²) in [5, 5.41) is 8.90. The highest BCUT2D eigenvalue weighted by Gasteiger charge is 2.39. The van der Waals surface area contributed by atoms with E-state index in [0.717, 1.165) is 18.2 Å². The van der Waals surface area contributed by atoms with Crippen LogP contribution in [-0.2, 0) is 0 Å². The predicted molar refractivity (Wildman–Crippen MR) is 103 cm³/mol. The van der Waals surface area contributed by atoms with Crippen molar-refractivity contribution in [2.75, 3.05) is 0 Å². The lowest BCUT2D eigenvalue weighted by atomic mass is 9.96. The van der Waals surface area contributed by atoms with Crippen molar-refractivity contribution in [3.05, 3.63) is 80.3 Å². The lowest BCUT2D eigenvalue weighted by Gasteiger charge is -2.18. The molecule has 2 aromatic carbocycles. The van der Waals surface area contributed by atoms with Gasteiger partial charge in [-0.25, -0.2) is 4.79 Å². The lowest BCUT2D eigenvalue weighted by Crippen LogP contribution is -2.19. The Kier molecular flexibility index (Phi) is 6.63. The van der Waals surface area contributed by atoms with Gasteiger partial charge in [-0.2, -0.15) is 13.2 Å². The zero-order valence-electron chi connectivity index (χ0n) is 13.5. The summed E-state index contributed by atoms with van der Waals surface area (Å²) in [5.41, 5.74) is 0.524. The Labute approximate surface area is 168 Å². The average Bonchev–Trinajstić information content (AvgIpc) is 2.58. The first-order chi connectivity index (χ1) is 12.5. The largest absolute Gasteiger partial charge is 0.478 e. The van der Waals surface area contributed by atoms with Gasteiger partial charge in [0.25, 0.3) is 0 Å². The van der Waals surface area contributed by atoms with E-state index < -0.39 is 18.1 Å². The van der Waals surface area contributed by atoms with Crippen LogP contribution in [-0.4, -0.2) is 17.3 Å². The molecule has 2 rings (SSSR count). The maximum atomic E-state index is 13.5. The Morgan fingerprint density at radius 2 is 1.70 bits per heavy atom. The van der Waals surface area contributed by atoms with E-state index in [4.69, 9.17) is 39.9 Å². The first-order valence-electron chi connectivity index (χ1n) is 7.43. The number of benzene rings is 2. The monoisotopic (exact) mass is 434 g/mol. The molecule has 0 aliphatic heterocycles. The van der Waals surface area contributed by atoms with Gasteiger partial charge in [-0.15, -0.1) is 0 Å². The van der Waals surface area contributed by atoms with Crippen LogP contribution in [0.1, 0.15) is 33.0 Å². The molecule has 0 bridgehead atoms. The molecule has 0 amide bonds. The molecule has 1 N–H and O–H groups in total. The van der Waals surface area contributed by atoms with Crippen molar-refractivity contribution in [2.45, 2.75) is 12.1 Å².